The molecule has 20 heavy (non-hydrogen) atoms. The van der Waals surface area contributed by atoms with Gasteiger partial charge in [0.15, 0.2) is 0 Å². The van der Waals surface area contributed by atoms with Gasteiger partial charge in [0.1, 0.15) is 0 Å². The van der Waals surface area contributed by atoms with Crippen molar-refractivity contribution in [1.82, 2.24) is 0 Å². The predicted molar refractivity (Wildman–Crippen MR) is 87.8 cm³/mol. The summed E-state index contributed by atoms with van der Waals surface area (Å²) in [6, 6.07) is 0. The zero-order valence-electron chi connectivity index (χ0n) is 14.2. The van der Waals surface area contributed by atoms with Gasteiger partial charge in [-0.1, -0.05) is 57.5 Å². The molecule has 1 heterocycles. The van der Waals surface area contributed by atoms with Crippen LogP contribution in [0.1, 0.15) is 86.0 Å². The molecule has 0 aromatic carbocycles. The van der Waals surface area contributed by atoms with E-state index in [4.69, 9.17) is 9.31 Å². The summed E-state index contributed by atoms with van der Waals surface area (Å²) in [5.41, 5.74) is -0.442. The van der Waals surface area contributed by atoms with Crippen LogP contribution in [-0.2, 0) is 9.31 Å². The molecular weight excluding hydrogens is 247 g/mol. The van der Waals surface area contributed by atoms with E-state index in [-0.39, 0.29) is 18.3 Å². The summed E-state index contributed by atoms with van der Waals surface area (Å²) in [6.45, 7) is 10.6. The maximum atomic E-state index is 5.93. The van der Waals surface area contributed by atoms with E-state index in [2.05, 4.69) is 46.7 Å². The standard InChI is InChI=1S/C17H33BO2/c1-6-7-8-9-10-11-12-13-14-15-18-19-16(2,3)17(4,5)20-18/h14-15H,6-13H2,1-5H3/b15-14+. The zero-order valence-corrected chi connectivity index (χ0v) is 14.2. The van der Waals surface area contributed by atoms with E-state index in [1.165, 1.54) is 44.9 Å². The number of allylic oxidation sites excluding steroid dienone is 1. The molecule has 2 nitrogen and oxygen atoms in total. The van der Waals surface area contributed by atoms with Gasteiger partial charge in [0, 0.05) is 0 Å². The van der Waals surface area contributed by atoms with Crippen LogP contribution >= 0.6 is 0 Å². The van der Waals surface area contributed by atoms with Crippen LogP contribution in [-0.4, -0.2) is 18.3 Å². The lowest BCUT2D eigenvalue weighted by Gasteiger charge is -2.32. The Kier molecular flexibility index (Phi) is 7.32. The Morgan fingerprint density at radius 2 is 1.30 bits per heavy atom. The van der Waals surface area contributed by atoms with Crippen molar-refractivity contribution >= 4 is 7.12 Å². The maximum Gasteiger partial charge on any atom is 0.486 e. The van der Waals surface area contributed by atoms with Crippen LogP contribution in [0.5, 0.6) is 0 Å². The predicted octanol–water partition coefficient (Wildman–Crippen LogP) is 5.31. The minimum atomic E-state index is -0.221. The normalized spacial score (nSPS) is 20.9. The quantitative estimate of drug-likeness (QED) is 0.420. The molecule has 3 heteroatoms. The van der Waals surface area contributed by atoms with Crippen molar-refractivity contribution in [2.75, 3.05) is 0 Å². The van der Waals surface area contributed by atoms with Crippen molar-refractivity contribution in [1.29, 1.82) is 0 Å². The average molecular weight is 280 g/mol. The summed E-state index contributed by atoms with van der Waals surface area (Å²) < 4.78 is 11.9. The van der Waals surface area contributed by atoms with Crippen LogP contribution in [0.4, 0.5) is 0 Å². The van der Waals surface area contributed by atoms with Crippen LogP contribution < -0.4 is 0 Å². The molecule has 0 saturated carbocycles. The van der Waals surface area contributed by atoms with E-state index in [1.807, 2.05) is 0 Å². The third kappa shape index (κ3) is 5.61. The average Bonchev–Trinajstić information content (AvgIpc) is 2.56. The monoisotopic (exact) mass is 280 g/mol. The third-order valence-electron chi connectivity index (χ3n) is 4.54. The van der Waals surface area contributed by atoms with Gasteiger partial charge in [-0.3, -0.25) is 0 Å². The first kappa shape index (κ1) is 17.8. The Bertz CT molecular complexity index is 281. The molecule has 1 aliphatic heterocycles. The van der Waals surface area contributed by atoms with Gasteiger partial charge in [0.05, 0.1) is 11.2 Å². The smallest absolute Gasteiger partial charge is 0.400 e. The largest absolute Gasteiger partial charge is 0.486 e. The molecule has 0 unspecified atom stereocenters. The summed E-state index contributed by atoms with van der Waals surface area (Å²) in [5.74, 6) is 2.08. The van der Waals surface area contributed by atoms with Gasteiger partial charge < -0.3 is 9.31 Å². The second-order valence-electron chi connectivity index (χ2n) is 6.96. The van der Waals surface area contributed by atoms with Crippen LogP contribution in [0.25, 0.3) is 0 Å². The molecule has 0 aliphatic carbocycles. The van der Waals surface area contributed by atoms with Crippen molar-refractivity contribution in [2.45, 2.75) is 97.2 Å². The van der Waals surface area contributed by atoms with E-state index in [1.54, 1.807) is 0 Å². The van der Waals surface area contributed by atoms with Crippen molar-refractivity contribution in [3.8, 4) is 0 Å². The molecule has 0 amide bonds. The molecule has 0 atom stereocenters. The van der Waals surface area contributed by atoms with Crippen LogP contribution in [0, 0.1) is 0 Å². The molecule has 1 fully saturated rings. The lowest BCUT2D eigenvalue weighted by Crippen LogP contribution is -2.41. The summed E-state index contributed by atoms with van der Waals surface area (Å²) in [7, 11) is -0.176. The Balaban J connectivity index is 2.08. The third-order valence-corrected chi connectivity index (χ3v) is 4.54. The van der Waals surface area contributed by atoms with E-state index < -0.39 is 0 Å². The van der Waals surface area contributed by atoms with E-state index >= 15 is 0 Å². The van der Waals surface area contributed by atoms with E-state index in [0.29, 0.717) is 0 Å². The second kappa shape index (κ2) is 8.24. The van der Waals surface area contributed by atoms with Gasteiger partial charge in [-0.2, -0.15) is 0 Å². The highest BCUT2D eigenvalue weighted by Crippen LogP contribution is 2.36. The molecule has 1 saturated heterocycles. The molecular formula is C17H33BO2. The fourth-order valence-electron chi connectivity index (χ4n) is 2.39. The van der Waals surface area contributed by atoms with E-state index in [9.17, 15) is 0 Å². The number of rotatable bonds is 9. The second-order valence-corrected chi connectivity index (χ2v) is 6.96. The Hall–Kier alpha value is -0.275. The molecule has 0 bridgehead atoms. The molecule has 1 rings (SSSR count). The summed E-state index contributed by atoms with van der Waals surface area (Å²) >= 11 is 0. The SMILES string of the molecule is CCCCCCCCC/C=C/B1OC(C)(C)C(C)(C)O1. The number of hydrogen-bond donors (Lipinski definition) is 0. The Morgan fingerprint density at radius 1 is 0.800 bits per heavy atom. The molecule has 0 spiro atoms. The highest BCUT2D eigenvalue weighted by atomic mass is 16.7. The molecule has 0 radical (unpaired) electrons. The van der Waals surface area contributed by atoms with Gasteiger partial charge in [0.2, 0.25) is 0 Å². The Labute approximate surface area is 126 Å². The fourth-order valence-corrected chi connectivity index (χ4v) is 2.39. The maximum absolute atomic E-state index is 5.93. The molecule has 1 aliphatic rings. The number of hydrogen-bond acceptors (Lipinski definition) is 2. The number of unbranched alkanes of at least 4 members (excludes halogenated alkanes) is 7. The first-order valence-electron chi connectivity index (χ1n) is 8.41. The minimum absolute atomic E-state index is 0.176. The van der Waals surface area contributed by atoms with Crippen molar-refractivity contribution in [3.05, 3.63) is 12.1 Å². The van der Waals surface area contributed by atoms with Gasteiger partial charge in [0.25, 0.3) is 0 Å². The van der Waals surface area contributed by atoms with Crippen molar-refractivity contribution in [2.24, 2.45) is 0 Å². The van der Waals surface area contributed by atoms with Gasteiger partial charge in [-0.25, -0.2) is 0 Å². The molecule has 0 aromatic rings. The lowest BCUT2D eigenvalue weighted by molar-refractivity contribution is 0.00578. The van der Waals surface area contributed by atoms with Crippen LogP contribution in [0.3, 0.4) is 0 Å². The lowest BCUT2D eigenvalue weighted by atomic mass is 9.89. The molecule has 116 valence electrons. The van der Waals surface area contributed by atoms with Gasteiger partial charge in [-0.05, 0) is 40.5 Å². The minimum Gasteiger partial charge on any atom is -0.400 e. The fraction of sp³-hybridized carbons (Fsp3) is 0.882. The van der Waals surface area contributed by atoms with Crippen molar-refractivity contribution < 1.29 is 9.31 Å². The van der Waals surface area contributed by atoms with Gasteiger partial charge >= 0.3 is 7.12 Å². The zero-order chi connectivity index (χ0) is 15.1. The van der Waals surface area contributed by atoms with Gasteiger partial charge in [-0.15, -0.1) is 0 Å². The first-order chi connectivity index (χ1) is 9.39. The molecule has 0 aromatic heterocycles. The van der Waals surface area contributed by atoms with Crippen molar-refractivity contribution in [3.63, 3.8) is 0 Å². The van der Waals surface area contributed by atoms with E-state index in [0.717, 1.165) is 6.42 Å². The summed E-state index contributed by atoms with van der Waals surface area (Å²) in [6.07, 6.45) is 12.9. The Morgan fingerprint density at radius 3 is 1.85 bits per heavy atom. The molecule has 0 N–H and O–H groups in total. The summed E-state index contributed by atoms with van der Waals surface area (Å²) in [5, 5.41) is 0. The van der Waals surface area contributed by atoms with Crippen LogP contribution in [0.15, 0.2) is 12.1 Å². The van der Waals surface area contributed by atoms with Crippen LogP contribution in [0.2, 0.25) is 0 Å². The highest BCUT2D eigenvalue weighted by Gasteiger charge is 2.49. The topological polar surface area (TPSA) is 18.5 Å². The first-order valence-corrected chi connectivity index (χ1v) is 8.41. The highest BCUT2D eigenvalue weighted by molar-refractivity contribution is 6.51. The summed E-state index contributed by atoms with van der Waals surface area (Å²) in [4.78, 5) is 0.